The van der Waals surface area contributed by atoms with Gasteiger partial charge in [0.2, 0.25) is 0 Å². The van der Waals surface area contributed by atoms with Gasteiger partial charge in [-0.2, -0.15) is 0 Å². The summed E-state index contributed by atoms with van der Waals surface area (Å²) in [5.74, 6) is 3.66. The fourth-order valence-electron chi connectivity index (χ4n) is 15.2. The first-order chi connectivity index (χ1) is 52.9. The molecule has 16 aromatic carbocycles. The standard InChI is InChI=1S/C45H27N3O.C33H28BN3O3.C18H11Br/c1-3-13-28(14-4-1)43-46-44(29-15-5-2-6-16-29)48-45(47-43)38-26-25-31(42-41(38)37-21-11-12-22-40(37)49-42)30-23-24-36-34-19-8-7-17-32(34)33-18-9-10-20-35(33)39(36)27-30;1-32(2)33(3,4)40-34(39-32)25-20-19-24(27-23-17-11-12-18-26(23)38-28(25)27)31-36-29(21-13-7-5-8-14-21)35-30(37-31)22-15-9-6-10-16-22;19-12-9-10-17-15-7-2-1-5-13(15)14-6-3-4-8-16(14)18(17)11-12/h1-27H;5-20H,1-4H3;1-11H. The fourth-order valence-corrected chi connectivity index (χ4v) is 15.6. The Hall–Kier alpha value is -12.8. The Morgan fingerprint density at radius 3 is 0.954 bits per heavy atom. The fraction of sp³-hybridized carbons (Fsp3) is 0.0625. The highest BCUT2D eigenvalue weighted by molar-refractivity contribution is 9.10. The first-order valence-corrected chi connectivity index (χ1v) is 37.1. The van der Waals surface area contributed by atoms with Crippen LogP contribution in [0.1, 0.15) is 27.7 Å². The maximum atomic E-state index is 6.73. The highest BCUT2D eigenvalue weighted by Crippen LogP contribution is 2.46. The second-order valence-corrected chi connectivity index (χ2v) is 29.2. The van der Waals surface area contributed by atoms with Gasteiger partial charge in [0.25, 0.3) is 0 Å². The molecule has 1 saturated heterocycles. The van der Waals surface area contributed by atoms with Crippen LogP contribution in [0.25, 0.3) is 188 Å². The average Bonchev–Trinajstić information content (AvgIpc) is 1.51. The molecule has 108 heavy (non-hydrogen) atoms. The molecule has 0 atom stereocenters. The first-order valence-electron chi connectivity index (χ1n) is 36.3. The molecule has 4 aromatic heterocycles. The number of halogens is 1. The van der Waals surface area contributed by atoms with E-state index in [1.54, 1.807) is 0 Å². The van der Waals surface area contributed by atoms with Gasteiger partial charge in [0.15, 0.2) is 34.9 Å². The van der Waals surface area contributed by atoms with E-state index in [9.17, 15) is 0 Å². The molecule has 0 unspecified atom stereocenters. The molecule has 1 fully saturated rings. The lowest BCUT2D eigenvalue weighted by Gasteiger charge is -2.32. The van der Waals surface area contributed by atoms with Crippen LogP contribution in [0.5, 0.6) is 0 Å². The second kappa shape index (κ2) is 26.9. The van der Waals surface area contributed by atoms with E-state index in [1.807, 2.05) is 164 Å². The van der Waals surface area contributed by atoms with Gasteiger partial charge < -0.3 is 18.1 Å². The van der Waals surface area contributed by atoms with Crippen molar-refractivity contribution >= 4 is 137 Å². The van der Waals surface area contributed by atoms with Gasteiger partial charge >= 0.3 is 7.12 Å². The van der Waals surface area contributed by atoms with E-state index in [0.717, 1.165) is 92.7 Å². The molecule has 5 heterocycles. The van der Waals surface area contributed by atoms with Crippen LogP contribution in [0.2, 0.25) is 0 Å². The van der Waals surface area contributed by atoms with Crippen molar-refractivity contribution < 1.29 is 18.1 Å². The lowest BCUT2D eigenvalue weighted by molar-refractivity contribution is 0.00578. The molecule has 0 radical (unpaired) electrons. The number of nitrogens with zero attached hydrogens (tertiary/aromatic N) is 6. The van der Waals surface area contributed by atoms with Crippen molar-refractivity contribution in [3.63, 3.8) is 0 Å². The van der Waals surface area contributed by atoms with Gasteiger partial charge in [-0.1, -0.05) is 301 Å². The highest BCUT2D eigenvalue weighted by atomic mass is 79.9. The number of fused-ring (bicyclic) bond motifs is 18. The van der Waals surface area contributed by atoms with E-state index in [1.165, 1.54) is 64.6 Å². The van der Waals surface area contributed by atoms with E-state index in [4.69, 9.17) is 48.0 Å². The molecular formula is C96H66BBrN6O4. The van der Waals surface area contributed by atoms with Crippen molar-refractivity contribution in [3.8, 4) is 79.5 Å². The van der Waals surface area contributed by atoms with Crippen molar-refractivity contribution in [2.75, 3.05) is 0 Å². The predicted octanol–water partition coefficient (Wildman–Crippen LogP) is 24.9. The Balaban J connectivity index is 0.000000120. The van der Waals surface area contributed by atoms with Crippen LogP contribution in [0.4, 0.5) is 0 Å². The van der Waals surface area contributed by atoms with Crippen LogP contribution in [0, 0.1) is 0 Å². The number of para-hydroxylation sites is 2. The monoisotopic (exact) mass is 1460 g/mol. The Bertz CT molecular complexity index is 6710. The van der Waals surface area contributed by atoms with Gasteiger partial charge in [0.05, 0.1) is 11.2 Å². The third kappa shape index (κ3) is 11.7. The Labute approximate surface area is 631 Å². The van der Waals surface area contributed by atoms with Crippen LogP contribution < -0.4 is 5.46 Å². The molecule has 10 nitrogen and oxygen atoms in total. The number of furan rings is 2. The molecule has 20 aromatic rings. The van der Waals surface area contributed by atoms with Gasteiger partial charge in [-0.3, -0.25) is 0 Å². The Morgan fingerprint density at radius 1 is 0.250 bits per heavy atom. The van der Waals surface area contributed by atoms with Crippen LogP contribution in [-0.4, -0.2) is 48.2 Å². The largest absolute Gasteiger partial charge is 0.498 e. The number of benzene rings is 16. The van der Waals surface area contributed by atoms with E-state index >= 15 is 0 Å². The van der Waals surface area contributed by atoms with Crippen molar-refractivity contribution in [3.05, 3.63) is 332 Å². The summed E-state index contributed by atoms with van der Waals surface area (Å²) in [4.78, 5) is 29.9. The molecular weight excluding hydrogens is 1390 g/mol. The Morgan fingerprint density at radius 2 is 0.546 bits per heavy atom. The third-order valence-electron chi connectivity index (χ3n) is 21.2. The molecule has 0 amide bonds. The normalized spacial score (nSPS) is 13.3. The zero-order chi connectivity index (χ0) is 72.6. The average molecular weight is 1460 g/mol. The summed E-state index contributed by atoms with van der Waals surface area (Å²) in [6.45, 7) is 8.22. The topological polar surface area (TPSA) is 122 Å². The predicted molar refractivity (Wildman–Crippen MR) is 447 cm³/mol. The number of aromatic nitrogens is 6. The summed E-state index contributed by atoms with van der Waals surface area (Å²) in [6, 6.07) is 113. The lowest BCUT2D eigenvalue weighted by atomic mass is 9.77. The van der Waals surface area contributed by atoms with Crippen molar-refractivity contribution in [1.29, 1.82) is 0 Å². The quantitative estimate of drug-likeness (QED) is 0.107. The van der Waals surface area contributed by atoms with Crippen molar-refractivity contribution in [1.82, 2.24) is 29.9 Å². The molecule has 1 aliphatic heterocycles. The minimum Gasteiger partial charge on any atom is -0.456 e. The van der Waals surface area contributed by atoms with E-state index in [-0.39, 0.29) is 0 Å². The molecule has 0 bridgehead atoms. The summed E-state index contributed by atoms with van der Waals surface area (Å²) in [7, 11) is -0.569. The maximum Gasteiger partial charge on any atom is 0.498 e. The van der Waals surface area contributed by atoms with Crippen LogP contribution in [0.3, 0.4) is 0 Å². The number of hydrogen-bond donors (Lipinski definition) is 0. The van der Waals surface area contributed by atoms with Crippen LogP contribution >= 0.6 is 15.9 Å². The maximum absolute atomic E-state index is 6.73. The zero-order valence-electron chi connectivity index (χ0n) is 59.4. The molecule has 0 aliphatic carbocycles. The third-order valence-corrected chi connectivity index (χ3v) is 21.7. The molecule has 514 valence electrons. The van der Waals surface area contributed by atoms with Gasteiger partial charge in [-0.25, -0.2) is 29.9 Å². The Kier molecular flexibility index (Phi) is 16.4. The van der Waals surface area contributed by atoms with Crippen molar-refractivity contribution in [2.45, 2.75) is 38.9 Å². The van der Waals surface area contributed by atoms with Crippen LogP contribution in [-0.2, 0) is 9.31 Å². The lowest BCUT2D eigenvalue weighted by Crippen LogP contribution is -2.41. The minimum atomic E-state index is -0.569. The number of rotatable bonds is 8. The summed E-state index contributed by atoms with van der Waals surface area (Å²) in [5.41, 5.74) is 10.6. The number of hydrogen-bond acceptors (Lipinski definition) is 10. The molecule has 0 N–H and O–H groups in total. The van der Waals surface area contributed by atoms with E-state index in [0.29, 0.717) is 40.5 Å². The molecule has 1 aliphatic rings. The summed E-state index contributed by atoms with van der Waals surface area (Å²) >= 11 is 3.58. The summed E-state index contributed by atoms with van der Waals surface area (Å²) in [6.07, 6.45) is 0. The molecule has 12 heteroatoms. The summed E-state index contributed by atoms with van der Waals surface area (Å²) < 4.78 is 27.2. The first kappa shape index (κ1) is 65.9. The van der Waals surface area contributed by atoms with Gasteiger partial charge in [-0.15, -0.1) is 0 Å². The SMILES string of the molecule is Brc1ccc2c3ccccc3c3ccccc3c2c1.CC1(C)OB(c2ccc(-c3nc(-c4ccccc4)nc(-c4ccccc4)n3)c3c2oc2ccccc23)OC1(C)C.c1ccc(-c2nc(-c3ccccc3)nc(-c3ccc(-c4ccc5c6ccccc6c6ccccc6c5c4)c4oc5ccccc5c34)n2)cc1. The summed E-state index contributed by atoms with van der Waals surface area (Å²) in [5, 5.41) is 19.3. The van der Waals surface area contributed by atoms with Gasteiger partial charge in [0.1, 0.15) is 22.3 Å². The smallest absolute Gasteiger partial charge is 0.456 e. The molecule has 0 spiro atoms. The zero-order valence-corrected chi connectivity index (χ0v) is 61.0. The minimum absolute atomic E-state index is 0.474. The van der Waals surface area contributed by atoms with Crippen molar-refractivity contribution in [2.24, 2.45) is 0 Å². The highest BCUT2D eigenvalue weighted by Gasteiger charge is 2.52. The second-order valence-electron chi connectivity index (χ2n) is 28.3. The van der Waals surface area contributed by atoms with E-state index in [2.05, 4.69) is 207 Å². The van der Waals surface area contributed by atoms with Gasteiger partial charge in [-0.05, 0) is 140 Å². The molecule has 0 saturated carbocycles. The van der Waals surface area contributed by atoms with Gasteiger partial charge in [0, 0.05) is 70.4 Å². The van der Waals surface area contributed by atoms with Crippen LogP contribution in [0.15, 0.2) is 341 Å². The molecule has 21 rings (SSSR count). The van der Waals surface area contributed by atoms with E-state index < -0.39 is 18.3 Å².